The minimum atomic E-state index is -0.905. The molecule has 1 atom stereocenters. The van der Waals surface area contributed by atoms with Crippen LogP contribution in [0.4, 0.5) is 0 Å². The summed E-state index contributed by atoms with van der Waals surface area (Å²) in [6.45, 7) is 8.49. The SMILES string of the molecule is C=C1Cc2c(cnn2-c2cccc(C)c2C)C(c2ccc(C(=O)O)cc2)C1. The summed E-state index contributed by atoms with van der Waals surface area (Å²) in [4.78, 5) is 11.1. The summed E-state index contributed by atoms with van der Waals surface area (Å²) in [5, 5.41) is 13.8. The van der Waals surface area contributed by atoms with Crippen LogP contribution in [0, 0.1) is 13.8 Å². The van der Waals surface area contributed by atoms with Crippen LogP contribution in [-0.4, -0.2) is 20.9 Å². The summed E-state index contributed by atoms with van der Waals surface area (Å²) in [6.07, 6.45) is 3.63. The van der Waals surface area contributed by atoms with Gasteiger partial charge in [0.1, 0.15) is 0 Å². The molecule has 0 amide bonds. The monoisotopic (exact) mass is 358 g/mol. The Labute approximate surface area is 158 Å². The summed E-state index contributed by atoms with van der Waals surface area (Å²) < 4.78 is 2.04. The molecule has 1 unspecified atom stereocenters. The minimum Gasteiger partial charge on any atom is -0.478 e. The Morgan fingerprint density at radius 3 is 2.63 bits per heavy atom. The van der Waals surface area contributed by atoms with Crippen molar-refractivity contribution < 1.29 is 9.90 Å². The van der Waals surface area contributed by atoms with Gasteiger partial charge < -0.3 is 5.11 Å². The molecule has 1 N–H and O–H groups in total. The Balaban J connectivity index is 1.80. The number of allylic oxidation sites excluding steroid dienone is 1. The average molecular weight is 358 g/mol. The molecule has 3 aromatic rings. The highest BCUT2D eigenvalue weighted by molar-refractivity contribution is 5.87. The molecular weight excluding hydrogens is 336 g/mol. The number of hydrogen-bond donors (Lipinski definition) is 1. The Morgan fingerprint density at radius 1 is 1.19 bits per heavy atom. The van der Waals surface area contributed by atoms with Crippen molar-refractivity contribution in [1.82, 2.24) is 9.78 Å². The zero-order valence-corrected chi connectivity index (χ0v) is 15.6. The molecular formula is C23H22N2O2. The summed E-state index contributed by atoms with van der Waals surface area (Å²) in [5.74, 6) is -0.749. The number of carboxylic acids is 1. The van der Waals surface area contributed by atoms with E-state index in [-0.39, 0.29) is 5.92 Å². The first kappa shape index (κ1) is 17.3. The van der Waals surface area contributed by atoms with Gasteiger partial charge in [-0.3, -0.25) is 0 Å². The van der Waals surface area contributed by atoms with Gasteiger partial charge in [-0.05, 0) is 55.2 Å². The zero-order chi connectivity index (χ0) is 19.1. The molecule has 4 nitrogen and oxygen atoms in total. The van der Waals surface area contributed by atoms with Crippen LogP contribution >= 0.6 is 0 Å². The highest BCUT2D eigenvalue weighted by atomic mass is 16.4. The maximum absolute atomic E-state index is 11.1. The van der Waals surface area contributed by atoms with Gasteiger partial charge in [0.15, 0.2) is 0 Å². The summed E-state index contributed by atoms with van der Waals surface area (Å²) >= 11 is 0. The van der Waals surface area contributed by atoms with E-state index in [1.807, 2.05) is 23.0 Å². The summed E-state index contributed by atoms with van der Waals surface area (Å²) in [7, 11) is 0. The van der Waals surface area contributed by atoms with Gasteiger partial charge in [0, 0.05) is 17.9 Å². The lowest BCUT2D eigenvalue weighted by Gasteiger charge is -2.26. The predicted molar refractivity (Wildman–Crippen MR) is 106 cm³/mol. The third-order valence-electron chi connectivity index (χ3n) is 5.55. The second-order valence-electron chi connectivity index (χ2n) is 7.29. The fourth-order valence-corrected chi connectivity index (χ4v) is 3.89. The molecule has 0 bridgehead atoms. The van der Waals surface area contributed by atoms with Crippen molar-refractivity contribution in [2.24, 2.45) is 0 Å². The molecule has 4 rings (SSSR count). The van der Waals surface area contributed by atoms with Crippen LogP contribution in [0.5, 0.6) is 0 Å². The van der Waals surface area contributed by atoms with Gasteiger partial charge in [-0.25, -0.2) is 9.48 Å². The molecule has 0 fully saturated rings. The van der Waals surface area contributed by atoms with Crippen molar-refractivity contribution >= 4 is 5.97 Å². The zero-order valence-electron chi connectivity index (χ0n) is 15.6. The molecule has 0 aliphatic heterocycles. The normalized spacial score (nSPS) is 16.2. The molecule has 1 aliphatic rings. The highest BCUT2D eigenvalue weighted by Crippen LogP contribution is 2.39. The van der Waals surface area contributed by atoms with E-state index in [0.29, 0.717) is 5.56 Å². The van der Waals surface area contributed by atoms with Crippen LogP contribution in [0.25, 0.3) is 5.69 Å². The number of rotatable bonds is 3. The summed E-state index contributed by atoms with van der Waals surface area (Å²) in [5.41, 5.74) is 8.52. The Kier molecular flexibility index (Phi) is 4.19. The van der Waals surface area contributed by atoms with Gasteiger partial charge in [-0.15, -0.1) is 0 Å². The molecule has 1 aliphatic carbocycles. The Hall–Kier alpha value is -3.14. The quantitative estimate of drug-likeness (QED) is 0.683. The van der Waals surface area contributed by atoms with Gasteiger partial charge in [-0.2, -0.15) is 5.10 Å². The number of nitrogens with zero attached hydrogens (tertiary/aromatic N) is 2. The maximum Gasteiger partial charge on any atom is 0.335 e. The number of aromatic nitrogens is 2. The first-order valence-corrected chi connectivity index (χ1v) is 9.09. The minimum absolute atomic E-state index is 0.156. The maximum atomic E-state index is 11.1. The molecule has 0 saturated carbocycles. The van der Waals surface area contributed by atoms with Crippen LogP contribution in [0.2, 0.25) is 0 Å². The third kappa shape index (κ3) is 2.97. The standard InChI is InChI=1S/C23H22N2O2/c1-14-11-19(17-7-9-18(10-8-17)23(26)27)20-13-24-25(22(20)12-14)21-6-4-5-15(2)16(21)3/h4-10,13,19H,1,11-12H2,2-3H3,(H,26,27). The first-order chi connectivity index (χ1) is 13.0. The molecule has 2 aromatic carbocycles. The fourth-order valence-electron chi connectivity index (χ4n) is 3.89. The van der Waals surface area contributed by atoms with Crippen molar-refractivity contribution in [3.05, 3.63) is 94.3 Å². The second kappa shape index (κ2) is 6.54. The van der Waals surface area contributed by atoms with Crippen molar-refractivity contribution in [2.45, 2.75) is 32.6 Å². The van der Waals surface area contributed by atoms with E-state index in [9.17, 15) is 4.79 Å². The van der Waals surface area contributed by atoms with Crippen molar-refractivity contribution in [2.75, 3.05) is 0 Å². The van der Waals surface area contributed by atoms with E-state index in [1.54, 1.807) is 12.1 Å². The molecule has 0 spiro atoms. The number of aryl methyl sites for hydroxylation is 1. The van der Waals surface area contributed by atoms with E-state index in [2.05, 4.69) is 38.6 Å². The third-order valence-corrected chi connectivity index (χ3v) is 5.55. The van der Waals surface area contributed by atoms with Crippen LogP contribution < -0.4 is 0 Å². The Bertz CT molecular complexity index is 1040. The van der Waals surface area contributed by atoms with Crippen molar-refractivity contribution in [3.8, 4) is 5.69 Å². The fraction of sp³-hybridized carbons (Fsp3) is 0.217. The number of carbonyl (C=O) groups is 1. The molecule has 1 heterocycles. The lowest BCUT2D eigenvalue weighted by atomic mass is 9.80. The number of aromatic carboxylic acids is 1. The van der Waals surface area contributed by atoms with Crippen LogP contribution in [0.15, 0.2) is 60.8 Å². The van der Waals surface area contributed by atoms with Crippen LogP contribution in [0.1, 0.15) is 50.6 Å². The average Bonchev–Trinajstić information content (AvgIpc) is 3.07. The van der Waals surface area contributed by atoms with E-state index in [1.165, 1.54) is 28.0 Å². The molecule has 136 valence electrons. The Morgan fingerprint density at radius 2 is 1.93 bits per heavy atom. The number of fused-ring (bicyclic) bond motifs is 1. The highest BCUT2D eigenvalue weighted by Gasteiger charge is 2.28. The van der Waals surface area contributed by atoms with Gasteiger partial charge in [0.2, 0.25) is 0 Å². The van der Waals surface area contributed by atoms with Gasteiger partial charge in [0.05, 0.1) is 23.1 Å². The first-order valence-electron chi connectivity index (χ1n) is 9.09. The molecule has 4 heteroatoms. The van der Waals surface area contributed by atoms with Crippen LogP contribution in [0.3, 0.4) is 0 Å². The van der Waals surface area contributed by atoms with Gasteiger partial charge >= 0.3 is 5.97 Å². The van der Waals surface area contributed by atoms with E-state index < -0.39 is 5.97 Å². The number of carboxylic acid groups (broad SMARTS) is 1. The van der Waals surface area contributed by atoms with E-state index >= 15 is 0 Å². The number of hydrogen-bond acceptors (Lipinski definition) is 2. The molecule has 0 radical (unpaired) electrons. The predicted octanol–water partition coefficient (Wildman–Crippen LogP) is 4.82. The van der Waals surface area contributed by atoms with E-state index in [4.69, 9.17) is 10.2 Å². The molecule has 0 saturated heterocycles. The lowest BCUT2D eigenvalue weighted by Crippen LogP contribution is -2.15. The molecule has 27 heavy (non-hydrogen) atoms. The van der Waals surface area contributed by atoms with Crippen molar-refractivity contribution in [1.29, 1.82) is 0 Å². The summed E-state index contributed by atoms with van der Waals surface area (Å²) in [6, 6.07) is 13.4. The van der Waals surface area contributed by atoms with Gasteiger partial charge in [-0.1, -0.05) is 36.4 Å². The molecule has 1 aromatic heterocycles. The number of benzene rings is 2. The second-order valence-corrected chi connectivity index (χ2v) is 7.29. The van der Waals surface area contributed by atoms with Gasteiger partial charge in [0.25, 0.3) is 0 Å². The lowest BCUT2D eigenvalue weighted by molar-refractivity contribution is 0.0697. The van der Waals surface area contributed by atoms with Crippen molar-refractivity contribution in [3.63, 3.8) is 0 Å². The smallest absolute Gasteiger partial charge is 0.335 e. The topological polar surface area (TPSA) is 55.1 Å². The van der Waals surface area contributed by atoms with Crippen LogP contribution in [-0.2, 0) is 6.42 Å². The largest absolute Gasteiger partial charge is 0.478 e. The van der Waals surface area contributed by atoms with E-state index in [0.717, 1.165) is 24.1 Å².